The number of sulfonamides is 1. The van der Waals surface area contributed by atoms with Gasteiger partial charge in [-0.1, -0.05) is 0 Å². The molecule has 0 radical (unpaired) electrons. The van der Waals surface area contributed by atoms with Gasteiger partial charge in [0.25, 0.3) is 0 Å². The van der Waals surface area contributed by atoms with E-state index in [1.165, 1.54) is 18.4 Å². The van der Waals surface area contributed by atoms with Crippen LogP contribution in [0.4, 0.5) is 5.69 Å². The molecule has 7 nitrogen and oxygen atoms in total. The number of aromatic carboxylic acids is 1. The van der Waals surface area contributed by atoms with E-state index in [0.717, 1.165) is 6.07 Å². The second-order valence-electron chi connectivity index (χ2n) is 6.30. The van der Waals surface area contributed by atoms with Gasteiger partial charge in [0.2, 0.25) is 10.0 Å². The van der Waals surface area contributed by atoms with E-state index in [1.54, 1.807) is 32.9 Å². The Bertz CT molecular complexity index is 821. The smallest absolute Gasteiger partial charge is 0.337 e. The molecule has 0 unspecified atom stereocenters. The van der Waals surface area contributed by atoms with Gasteiger partial charge in [0.1, 0.15) is 5.76 Å². The average Bonchev–Trinajstić information content (AvgIpc) is 2.95. The zero-order valence-electron chi connectivity index (χ0n) is 13.7. The van der Waals surface area contributed by atoms with Crippen molar-refractivity contribution in [1.82, 2.24) is 4.72 Å². The highest BCUT2D eigenvalue weighted by Crippen LogP contribution is 2.22. The fourth-order valence-electron chi connectivity index (χ4n) is 2.08. The summed E-state index contributed by atoms with van der Waals surface area (Å²) < 4.78 is 32.3. The predicted molar refractivity (Wildman–Crippen MR) is 89.5 cm³/mol. The molecule has 0 spiro atoms. The monoisotopic (exact) mass is 352 g/mol. The standard InChI is InChI=1S/C16H20N2O5S/c1-16(2,3)18-24(21,22)12-6-7-14(13(9-12)15(19)20)17-10-11-5-4-8-23-11/h4-9,17-18H,10H2,1-3H3,(H,19,20). The Hall–Kier alpha value is -2.32. The third kappa shape index (κ3) is 4.59. The molecule has 0 saturated heterocycles. The first-order chi connectivity index (χ1) is 11.1. The van der Waals surface area contributed by atoms with Crippen LogP contribution in [0, 0.1) is 0 Å². The summed E-state index contributed by atoms with van der Waals surface area (Å²) in [6.07, 6.45) is 1.52. The molecule has 0 saturated carbocycles. The molecule has 0 aliphatic carbocycles. The van der Waals surface area contributed by atoms with Crippen molar-refractivity contribution in [3.63, 3.8) is 0 Å². The number of benzene rings is 1. The number of furan rings is 1. The summed E-state index contributed by atoms with van der Waals surface area (Å²) in [5, 5.41) is 12.3. The zero-order chi connectivity index (χ0) is 18.0. The minimum atomic E-state index is -3.81. The molecular formula is C16H20N2O5S. The van der Waals surface area contributed by atoms with Crippen LogP contribution in [0.1, 0.15) is 36.9 Å². The fraction of sp³-hybridized carbons (Fsp3) is 0.312. The van der Waals surface area contributed by atoms with E-state index < -0.39 is 21.5 Å². The summed E-state index contributed by atoms with van der Waals surface area (Å²) in [7, 11) is -3.81. The van der Waals surface area contributed by atoms with Gasteiger partial charge < -0.3 is 14.8 Å². The Kier molecular flexibility index (Phi) is 5.00. The first-order valence-corrected chi connectivity index (χ1v) is 8.74. The number of hydrogen-bond donors (Lipinski definition) is 3. The Morgan fingerprint density at radius 2 is 1.96 bits per heavy atom. The molecule has 0 aliphatic rings. The summed E-state index contributed by atoms with van der Waals surface area (Å²) in [5.41, 5.74) is -0.481. The van der Waals surface area contributed by atoms with Gasteiger partial charge in [-0.2, -0.15) is 0 Å². The maximum absolute atomic E-state index is 12.3. The fourth-order valence-corrected chi connectivity index (χ4v) is 3.52. The van der Waals surface area contributed by atoms with Gasteiger partial charge >= 0.3 is 5.97 Å². The lowest BCUT2D eigenvalue weighted by Crippen LogP contribution is -2.40. The highest BCUT2D eigenvalue weighted by molar-refractivity contribution is 7.89. The third-order valence-electron chi connectivity index (χ3n) is 3.01. The average molecular weight is 352 g/mol. The molecule has 24 heavy (non-hydrogen) atoms. The minimum absolute atomic E-state index is 0.0987. The van der Waals surface area contributed by atoms with Crippen LogP contribution in [0.25, 0.3) is 0 Å². The van der Waals surface area contributed by atoms with Crippen molar-refractivity contribution in [3.05, 3.63) is 47.9 Å². The Balaban J connectivity index is 2.31. The molecule has 0 atom stereocenters. The van der Waals surface area contributed by atoms with Gasteiger partial charge in [-0.05, 0) is 51.1 Å². The minimum Gasteiger partial charge on any atom is -0.478 e. The summed E-state index contributed by atoms with van der Waals surface area (Å²) in [6, 6.07) is 7.41. The van der Waals surface area contributed by atoms with Crippen molar-refractivity contribution in [3.8, 4) is 0 Å². The number of carbonyl (C=O) groups is 1. The molecule has 0 aliphatic heterocycles. The summed E-state index contributed by atoms with van der Waals surface area (Å²) in [4.78, 5) is 11.4. The van der Waals surface area contributed by atoms with Crippen LogP contribution >= 0.6 is 0 Å². The van der Waals surface area contributed by atoms with Crippen LogP contribution in [0.2, 0.25) is 0 Å². The Morgan fingerprint density at radius 1 is 1.25 bits per heavy atom. The summed E-state index contributed by atoms with van der Waals surface area (Å²) in [5.74, 6) is -0.581. The van der Waals surface area contributed by atoms with Gasteiger partial charge in [0.15, 0.2) is 0 Å². The largest absolute Gasteiger partial charge is 0.478 e. The van der Waals surface area contributed by atoms with E-state index in [0.29, 0.717) is 18.0 Å². The highest BCUT2D eigenvalue weighted by atomic mass is 32.2. The number of carboxylic acids is 1. The van der Waals surface area contributed by atoms with E-state index in [9.17, 15) is 18.3 Å². The van der Waals surface area contributed by atoms with Crippen LogP contribution in [-0.2, 0) is 16.6 Å². The van der Waals surface area contributed by atoms with Gasteiger partial charge in [-0.3, -0.25) is 0 Å². The predicted octanol–water partition coefficient (Wildman–Crippen LogP) is 2.67. The van der Waals surface area contributed by atoms with Crippen molar-refractivity contribution < 1.29 is 22.7 Å². The zero-order valence-corrected chi connectivity index (χ0v) is 14.5. The van der Waals surface area contributed by atoms with Gasteiger partial charge in [-0.15, -0.1) is 0 Å². The van der Waals surface area contributed by atoms with Crippen molar-refractivity contribution in [2.75, 3.05) is 5.32 Å². The molecule has 2 aromatic rings. The maximum atomic E-state index is 12.3. The Labute approximate surface area is 140 Å². The first kappa shape index (κ1) is 18.0. The normalized spacial score (nSPS) is 12.1. The number of anilines is 1. The van der Waals surface area contributed by atoms with E-state index in [2.05, 4.69) is 10.0 Å². The quantitative estimate of drug-likeness (QED) is 0.737. The van der Waals surface area contributed by atoms with Crippen LogP contribution in [0.3, 0.4) is 0 Å². The molecular weight excluding hydrogens is 332 g/mol. The number of rotatable bonds is 6. The molecule has 0 amide bonds. The number of carboxylic acid groups (broad SMARTS) is 1. The van der Waals surface area contributed by atoms with Crippen molar-refractivity contribution in [2.45, 2.75) is 37.8 Å². The number of nitrogens with one attached hydrogen (secondary N) is 2. The molecule has 130 valence electrons. The first-order valence-electron chi connectivity index (χ1n) is 7.26. The van der Waals surface area contributed by atoms with Crippen molar-refractivity contribution in [1.29, 1.82) is 0 Å². The molecule has 1 aromatic carbocycles. The van der Waals surface area contributed by atoms with E-state index in [1.807, 2.05) is 0 Å². The molecule has 1 aromatic heterocycles. The highest BCUT2D eigenvalue weighted by Gasteiger charge is 2.24. The van der Waals surface area contributed by atoms with Gasteiger partial charge in [-0.25, -0.2) is 17.9 Å². The van der Waals surface area contributed by atoms with Crippen LogP contribution in [0.15, 0.2) is 45.9 Å². The SMILES string of the molecule is CC(C)(C)NS(=O)(=O)c1ccc(NCc2ccco2)c(C(=O)O)c1. The maximum Gasteiger partial charge on any atom is 0.337 e. The topological polar surface area (TPSA) is 109 Å². The van der Waals surface area contributed by atoms with Gasteiger partial charge in [0.05, 0.1) is 23.3 Å². The van der Waals surface area contributed by atoms with Crippen LogP contribution in [-0.4, -0.2) is 25.0 Å². The summed E-state index contributed by atoms with van der Waals surface area (Å²) in [6.45, 7) is 5.42. The summed E-state index contributed by atoms with van der Waals surface area (Å²) >= 11 is 0. The van der Waals surface area contributed by atoms with E-state index in [4.69, 9.17) is 4.42 Å². The van der Waals surface area contributed by atoms with Crippen molar-refractivity contribution >= 4 is 21.7 Å². The van der Waals surface area contributed by atoms with Gasteiger partial charge in [0, 0.05) is 11.2 Å². The molecule has 3 N–H and O–H groups in total. The Morgan fingerprint density at radius 3 is 2.50 bits per heavy atom. The molecule has 2 rings (SSSR count). The lowest BCUT2D eigenvalue weighted by Gasteiger charge is -2.20. The lowest BCUT2D eigenvalue weighted by molar-refractivity contribution is 0.0697. The molecule has 0 fully saturated rings. The van der Waals surface area contributed by atoms with Crippen LogP contribution in [0.5, 0.6) is 0 Å². The van der Waals surface area contributed by atoms with E-state index in [-0.39, 0.29) is 10.5 Å². The van der Waals surface area contributed by atoms with Crippen molar-refractivity contribution in [2.24, 2.45) is 0 Å². The number of hydrogen-bond acceptors (Lipinski definition) is 5. The molecule has 1 heterocycles. The van der Waals surface area contributed by atoms with Crippen LogP contribution < -0.4 is 10.0 Å². The molecule has 0 bridgehead atoms. The third-order valence-corrected chi connectivity index (χ3v) is 4.76. The van der Waals surface area contributed by atoms with E-state index >= 15 is 0 Å². The lowest BCUT2D eigenvalue weighted by atomic mass is 10.1. The second-order valence-corrected chi connectivity index (χ2v) is 7.98. The second kappa shape index (κ2) is 6.66. The molecule has 8 heteroatoms.